The van der Waals surface area contributed by atoms with E-state index in [1.807, 2.05) is 49.6 Å². The third kappa shape index (κ3) is 3.94. The van der Waals surface area contributed by atoms with Crippen LogP contribution in [0.25, 0.3) is 10.2 Å². The van der Waals surface area contributed by atoms with Crippen LogP contribution < -0.4 is 5.43 Å². The second kappa shape index (κ2) is 8.18. The van der Waals surface area contributed by atoms with Gasteiger partial charge in [0.15, 0.2) is 5.78 Å². The molecule has 0 aliphatic heterocycles. The van der Waals surface area contributed by atoms with E-state index < -0.39 is 0 Å². The van der Waals surface area contributed by atoms with Crippen molar-refractivity contribution in [3.8, 4) is 0 Å². The number of carbonyl (C=O) groups excluding carboxylic acids is 2. The molecule has 0 atom stereocenters. The monoisotopic (exact) mass is 422 g/mol. The van der Waals surface area contributed by atoms with Gasteiger partial charge in [-0.15, -0.1) is 11.3 Å². The maximum atomic E-state index is 12.8. The molecule has 0 aliphatic carbocycles. The van der Waals surface area contributed by atoms with Crippen LogP contribution in [0.5, 0.6) is 0 Å². The number of hydrogen-bond donors (Lipinski definition) is 1. The number of thioether (sulfide) groups is 1. The average molecular weight is 423 g/mol. The predicted octanol–water partition coefficient (Wildman–Crippen LogP) is 4.47. The van der Waals surface area contributed by atoms with Crippen molar-refractivity contribution in [1.29, 1.82) is 0 Å². The van der Waals surface area contributed by atoms with Crippen molar-refractivity contribution in [3.63, 3.8) is 0 Å². The summed E-state index contributed by atoms with van der Waals surface area (Å²) in [6.45, 7) is 3.69. The molecule has 0 saturated heterocycles. The zero-order chi connectivity index (χ0) is 20.4. The van der Waals surface area contributed by atoms with Gasteiger partial charge in [0.1, 0.15) is 11.4 Å². The molecule has 1 aromatic carbocycles. The molecule has 1 N–H and O–H groups in total. The van der Waals surface area contributed by atoms with E-state index in [9.17, 15) is 9.59 Å². The first-order valence-corrected chi connectivity index (χ1v) is 10.8. The van der Waals surface area contributed by atoms with Gasteiger partial charge in [-0.1, -0.05) is 30.0 Å². The van der Waals surface area contributed by atoms with Crippen LogP contribution in [-0.2, 0) is 0 Å². The Labute approximate surface area is 176 Å². The molecule has 146 valence electrons. The van der Waals surface area contributed by atoms with Crippen LogP contribution in [0.1, 0.15) is 32.1 Å². The van der Waals surface area contributed by atoms with Gasteiger partial charge in [-0.2, -0.15) is 0 Å². The normalized spacial score (nSPS) is 11.0. The van der Waals surface area contributed by atoms with Crippen molar-refractivity contribution in [2.24, 2.45) is 0 Å². The lowest BCUT2D eigenvalue weighted by molar-refractivity contribution is 0.0999. The Morgan fingerprint density at radius 1 is 1.14 bits per heavy atom. The number of amides is 1. The second-order valence-corrected chi connectivity index (χ2v) is 8.33. The summed E-state index contributed by atoms with van der Waals surface area (Å²) in [6.07, 6.45) is 1.52. The Balaban J connectivity index is 1.50. The molecule has 4 rings (SSSR count). The Morgan fingerprint density at radius 3 is 2.72 bits per heavy atom. The van der Waals surface area contributed by atoms with Gasteiger partial charge >= 0.3 is 0 Å². The molecule has 6 nitrogen and oxygen atoms in total. The number of ketones is 1. The maximum absolute atomic E-state index is 12.8. The molecule has 29 heavy (non-hydrogen) atoms. The largest absolute Gasteiger partial charge is 0.293 e. The molecule has 0 radical (unpaired) electrons. The lowest BCUT2D eigenvalue weighted by Gasteiger charge is -2.11. The molecule has 0 saturated carbocycles. The predicted molar refractivity (Wildman–Crippen MR) is 117 cm³/mol. The Morgan fingerprint density at radius 2 is 1.93 bits per heavy atom. The minimum absolute atomic E-state index is 0.00775. The lowest BCUT2D eigenvalue weighted by Crippen LogP contribution is -2.25. The van der Waals surface area contributed by atoms with Crippen LogP contribution in [0.4, 0.5) is 0 Å². The van der Waals surface area contributed by atoms with E-state index in [2.05, 4.69) is 15.4 Å². The van der Waals surface area contributed by atoms with E-state index in [1.54, 1.807) is 28.1 Å². The van der Waals surface area contributed by atoms with Crippen molar-refractivity contribution in [2.45, 2.75) is 18.9 Å². The molecule has 0 unspecified atom stereocenters. The average Bonchev–Trinajstić information content (AvgIpc) is 3.33. The van der Waals surface area contributed by atoms with Gasteiger partial charge in [0, 0.05) is 22.5 Å². The summed E-state index contributed by atoms with van der Waals surface area (Å²) in [5.74, 6) is 0.0366. The molecule has 0 spiro atoms. The van der Waals surface area contributed by atoms with E-state index in [-0.39, 0.29) is 17.4 Å². The third-order valence-corrected chi connectivity index (χ3v) is 6.56. The zero-order valence-corrected chi connectivity index (χ0v) is 17.5. The lowest BCUT2D eigenvalue weighted by atomic mass is 10.2. The molecule has 8 heteroatoms. The van der Waals surface area contributed by atoms with Gasteiger partial charge in [0.05, 0.1) is 16.0 Å². The number of aryl methyl sites for hydroxylation is 1. The van der Waals surface area contributed by atoms with Gasteiger partial charge in [0.2, 0.25) is 0 Å². The number of carbonyl (C=O) groups is 2. The number of thiophene rings is 1. The molecule has 3 heterocycles. The number of nitrogens with one attached hydrogen (secondary N) is 1. The topological polar surface area (TPSA) is 76.9 Å². The summed E-state index contributed by atoms with van der Waals surface area (Å²) >= 11 is 2.97. The fourth-order valence-corrected chi connectivity index (χ4v) is 4.88. The smallest absolute Gasteiger partial charge is 0.270 e. The van der Waals surface area contributed by atoms with E-state index in [4.69, 9.17) is 0 Å². The maximum Gasteiger partial charge on any atom is 0.270 e. The summed E-state index contributed by atoms with van der Waals surface area (Å²) < 4.78 is 2.65. The molecule has 0 bridgehead atoms. The van der Waals surface area contributed by atoms with E-state index in [0.717, 1.165) is 20.9 Å². The molecule has 4 aromatic rings. The van der Waals surface area contributed by atoms with Crippen LogP contribution in [0.3, 0.4) is 0 Å². The minimum atomic E-state index is -0.221. The number of benzene rings is 1. The van der Waals surface area contributed by atoms with E-state index in [1.165, 1.54) is 18.1 Å². The number of hydrogen-bond acceptors (Lipinski definition) is 6. The Kier molecular flexibility index (Phi) is 5.46. The van der Waals surface area contributed by atoms with Crippen LogP contribution in [0, 0.1) is 13.8 Å². The molecule has 0 fully saturated rings. The molecular formula is C21H18N4O2S2. The van der Waals surface area contributed by atoms with Gasteiger partial charge in [-0.05, 0) is 43.5 Å². The molecule has 1 amide bonds. The van der Waals surface area contributed by atoms with Gasteiger partial charge in [0.25, 0.3) is 5.91 Å². The fraction of sp³-hybridized carbons (Fsp3) is 0.143. The van der Waals surface area contributed by atoms with Gasteiger partial charge in [-0.3, -0.25) is 19.7 Å². The highest BCUT2D eigenvalue weighted by Gasteiger charge is 2.18. The molecule has 3 aromatic heterocycles. The first kappa shape index (κ1) is 19.4. The van der Waals surface area contributed by atoms with Crippen molar-refractivity contribution in [1.82, 2.24) is 14.6 Å². The van der Waals surface area contributed by atoms with Crippen molar-refractivity contribution in [2.75, 3.05) is 11.2 Å². The summed E-state index contributed by atoms with van der Waals surface area (Å²) in [4.78, 5) is 33.9. The quantitative estimate of drug-likeness (QED) is 0.282. The number of rotatable bonds is 6. The Hall–Kier alpha value is -2.97. The number of Topliss-reactive ketones (excluding diaryl/α,β-unsaturated/α-hetero) is 1. The van der Waals surface area contributed by atoms with Crippen LogP contribution in [0.2, 0.25) is 0 Å². The fourth-order valence-electron chi connectivity index (χ4n) is 3.05. The third-order valence-electron chi connectivity index (χ3n) is 4.53. The van der Waals surface area contributed by atoms with Gasteiger partial charge < -0.3 is 0 Å². The SMILES string of the molecule is Cc1cc(C(=O)CSc2ncnc3ccsc23)c(C)n1NC(=O)c1ccccc1. The van der Waals surface area contributed by atoms with Crippen molar-refractivity contribution >= 4 is 45.0 Å². The molecule has 0 aliphatic rings. The van der Waals surface area contributed by atoms with Crippen molar-refractivity contribution in [3.05, 3.63) is 76.7 Å². The van der Waals surface area contributed by atoms with Crippen molar-refractivity contribution < 1.29 is 9.59 Å². The first-order valence-electron chi connectivity index (χ1n) is 8.94. The summed E-state index contributed by atoms with van der Waals surface area (Å²) in [6, 6.07) is 12.7. The zero-order valence-electron chi connectivity index (χ0n) is 15.9. The van der Waals surface area contributed by atoms with Crippen LogP contribution in [-0.4, -0.2) is 32.1 Å². The minimum Gasteiger partial charge on any atom is -0.293 e. The van der Waals surface area contributed by atoms with E-state index >= 15 is 0 Å². The number of fused-ring (bicyclic) bond motifs is 1. The highest BCUT2D eigenvalue weighted by molar-refractivity contribution is 8.00. The van der Waals surface area contributed by atoms with E-state index in [0.29, 0.717) is 16.8 Å². The van der Waals surface area contributed by atoms with Crippen LogP contribution >= 0.6 is 23.1 Å². The van der Waals surface area contributed by atoms with Gasteiger partial charge in [-0.25, -0.2) is 9.97 Å². The molecular weight excluding hydrogens is 404 g/mol. The Bertz CT molecular complexity index is 1200. The standard InChI is InChI=1S/C21H18N4O2S2/c1-13-10-16(14(2)25(13)24-20(27)15-6-4-3-5-7-15)18(26)11-29-21-19-17(8-9-28-19)22-12-23-21/h3-10,12H,11H2,1-2H3,(H,24,27). The summed E-state index contributed by atoms with van der Waals surface area (Å²) in [5, 5.41) is 2.78. The first-order chi connectivity index (χ1) is 14.0. The number of nitrogens with zero attached hydrogens (tertiary/aromatic N) is 3. The van der Waals surface area contributed by atoms with Crippen LogP contribution in [0.15, 0.2) is 59.2 Å². The second-order valence-electron chi connectivity index (χ2n) is 6.45. The highest BCUT2D eigenvalue weighted by atomic mass is 32.2. The highest BCUT2D eigenvalue weighted by Crippen LogP contribution is 2.29. The summed E-state index contributed by atoms with van der Waals surface area (Å²) in [5.41, 5.74) is 6.42. The number of aromatic nitrogens is 3. The summed E-state index contributed by atoms with van der Waals surface area (Å²) in [7, 11) is 0.